The maximum absolute atomic E-state index is 12.3. The molecule has 1 aliphatic heterocycles. The number of hydrogen-bond acceptors (Lipinski definition) is 5. The second-order valence-electron chi connectivity index (χ2n) is 5.51. The molecule has 122 valence electrons. The Morgan fingerprint density at radius 2 is 2.39 bits per heavy atom. The van der Waals surface area contributed by atoms with Crippen molar-refractivity contribution in [3.05, 3.63) is 47.2 Å². The molecule has 8 heteroatoms. The standard InChI is InChI=1S/C15H19N5O3/c21-14-7-12(17-10-18-14)1-2-13-8-20(5-6-23-13)15(22)9-19-4-3-16-11-19/h3-4,7,10-11,13H,1-2,5-6,8-9H2,(H,17,18,21)/t13-/m1/s1. The SMILES string of the molecule is O=C(Cn1ccnc1)N1CCO[C@H](CCc2cc(=O)[nH]cn2)C1. The Kier molecular flexibility index (Phi) is 4.82. The van der Waals surface area contributed by atoms with Crippen molar-refractivity contribution in [3.63, 3.8) is 0 Å². The number of aromatic nitrogens is 4. The topological polar surface area (TPSA) is 93.1 Å². The minimum absolute atomic E-state index is 0.0309. The largest absolute Gasteiger partial charge is 0.375 e. The number of carbonyl (C=O) groups is 1. The van der Waals surface area contributed by atoms with E-state index in [1.54, 1.807) is 23.3 Å². The summed E-state index contributed by atoms with van der Waals surface area (Å²) >= 11 is 0. The van der Waals surface area contributed by atoms with Gasteiger partial charge in [0.25, 0.3) is 5.56 Å². The Balaban J connectivity index is 1.51. The van der Waals surface area contributed by atoms with Gasteiger partial charge in [0.1, 0.15) is 6.54 Å². The Morgan fingerprint density at radius 3 is 3.17 bits per heavy atom. The van der Waals surface area contributed by atoms with Crippen molar-refractivity contribution in [3.8, 4) is 0 Å². The summed E-state index contributed by atoms with van der Waals surface area (Å²) in [5, 5.41) is 0. The fraction of sp³-hybridized carbons (Fsp3) is 0.467. The maximum atomic E-state index is 12.3. The molecule has 0 bridgehead atoms. The highest BCUT2D eigenvalue weighted by Gasteiger charge is 2.24. The van der Waals surface area contributed by atoms with Crippen LogP contribution in [0.15, 0.2) is 35.9 Å². The van der Waals surface area contributed by atoms with Crippen molar-refractivity contribution in [1.29, 1.82) is 0 Å². The molecule has 8 nitrogen and oxygen atoms in total. The van der Waals surface area contributed by atoms with E-state index in [0.717, 1.165) is 12.1 Å². The Morgan fingerprint density at radius 1 is 1.48 bits per heavy atom. The lowest BCUT2D eigenvalue weighted by molar-refractivity contribution is -0.139. The van der Waals surface area contributed by atoms with Crippen LogP contribution in [0.1, 0.15) is 12.1 Å². The zero-order valence-corrected chi connectivity index (χ0v) is 12.7. The van der Waals surface area contributed by atoms with Crippen LogP contribution in [0.4, 0.5) is 0 Å². The number of aryl methyl sites for hydroxylation is 1. The quantitative estimate of drug-likeness (QED) is 0.826. The molecule has 0 aromatic carbocycles. The molecule has 3 rings (SSSR count). The molecule has 1 N–H and O–H groups in total. The van der Waals surface area contributed by atoms with E-state index in [1.807, 2.05) is 4.90 Å². The highest BCUT2D eigenvalue weighted by molar-refractivity contribution is 5.76. The number of aromatic amines is 1. The number of nitrogens with zero attached hydrogens (tertiary/aromatic N) is 4. The Bertz CT molecular complexity index is 697. The van der Waals surface area contributed by atoms with Gasteiger partial charge in [-0.1, -0.05) is 0 Å². The lowest BCUT2D eigenvalue weighted by Crippen LogP contribution is -2.46. The minimum atomic E-state index is -0.156. The van der Waals surface area contributed by atoms with Gasteiger partial charge in [-0.25, -0.2) is 9.97 Å². The van der Waals surface area contributed by atoms with Gasteiger partial charge >= 0.3 is 0 Å². The van der Waals surface area contributed by atoms with Crippen LogP contribution < -0.4 is 5.56 Å². The van der Waals surface area contributed by atoms with Crippen LogP contribution in [0.2, 0.25) is 0 Å². The highest BCUT2D eigenvalue weighted by atomic mass is 16.5. The summed E-state index contributed by atoms with van der Waals surface area (Å²) in [6, 6.07) is 1.49. The van der Waals surface area contributed by atoms with Gasteiger partial charge in [0.15, 0.2) is 0 Å². The average molecular weight is 317 g/mol. The van der Waals surface area contributed by atoms with Crippen molar-refractivity contribution >= 4 is 5.91 Å². The van der Waals surface area contributed by atoms with Gasteiger partial charge in [-0.15, -0.1) is 0 Å². The molecule has 1 aliphatic rings. The third-order valence-corrected chi connectivity index (χ3v) is 3.83. The van der Waals surface area contributed by atoms with E-state index in [4.69, 9.17) is 4.74 Å². The first-order valence-electron chi connectivity index (χ1n) is 7.59. The van der Waals surface area contributed by atoms with E-state index in [1.165, 1.54) is 12.4 Å². The van der Waals surface area contributed by atoms with E-state index in [-0.39, 0.29) is 17.6 Å². The van der Waals surface area contributed by atoms with Crippen molar-refractivity contribution in [2.24, 2.45) is 0 Å². The molecule has 0 radical (unpaired) electrons. The van der Waals surface area contributed by atoms with Gasteiger partial charge in [0.05, 0.1) is 25.4 Å². The summed E-state index contributed by atoms with van der Waals surface area (Å²) in [4.78, 5) is 35.9. The molecule has 1 saturated heterocycles. The van der Waals surface area contributed by atoms with Crippen LogP contribution in [-0.4, -0.2) is 56.1 Å². The molecule has 0 aliphatic carbocycles. The van der Waals surface area contributed by atoms with E-state index >= 15 is 0 Å². The number of nitrogens with one attached hydrogen (secondary N) is 1. The number of carbonyl (C=O) groups excluding carboxylic acids is 1. The fourth-order valence-corrected chi connectivity index (χ4v) is 2.61. The summed E-state index contributed by atoms with van der Waals surface area (Å²) in [5.74, 6) is 0.0607. The van der Waals surface area contributed by atoms with Gasteiger partial charge in [-0.05, 0) is 12.8 Å². The zero-order valence-electron chi connectivity index (χ0n) is 12.7. The smallest absolute Gasteiger partial charge is 0.250 e. The van der Waals surface area contributed by atoms with E-state index in [0.29, 0.717) is 32.7 Å². The van der Waals surface area contributed by atoms with Gasteiger partial charge < -0.3 is 19.2 Å². The van der Waals surface area contributed by atoms with Crippen LogP contribution >= 0.6 is 0 Å². The number of H-pyrrole nitrogens is 1. The summed E-state index contributed by atoms with van der Waals surface area (Å²) in [6.45, 7) is 2.00. The number of hydrogen-bond donors (Lipinski definition) is 1. The summed E-state index contributed by atoms with van der Waals surface area (Å²) in [5.41, 5.74) is 0.580. The predicted octanol–water partition coefficient (Wildman–Crippen LogP) is -0.173. The molecule has 1 fully saturated rings. The van der Waals surface area contributed by atoms with E-state index in [2.05, 4.69) is 15.0 Å². The minimum Gasteiger partial charge on any atom is -0.375 e. The molecule has 3 heterocycles. The number of ether oxygens (including phenoxy) is 1. The molecule has 2 aromatic heterocycles. The zero-order chi connectivity index (χ0) is 16.1. The summed E-state index contributed by atoms with van der Waals surface area (Å²) in [7, 11) is 0. The lowest BCUT2D eigenvalue weighted by atomic mass is 10.1. The molecule has 1 amide bonds. The average Bonchev–Trinajstić information content (AvgIpc) is 3.06. The number of amides is 1. The van der Waals surface area contributed by atoms with Gasteiger partial charge in [0, 0.05) is 37.2 Å². The van der Waals surface area contributed by atoms with E-state index < -0.39 is 0 Å². The molecular weight excluding hydrogens is 298 g/mol. The summed E-state index contributed by atoms with van der Waals surface area (Å²) < 4.78 is 7.48. The lowest BCUT2D eigenvalue weighted by Gasteiger charge is -2.33. The van der Waals surface area contributed by atoms with Crippen LogP contribution in [0.3, 0.4) is 0 Å². The number of morpholine rings is 1. The normalized spacial score (nSPS) is 18.1. The monoisotopic (exact) mass is 317 g/mol. The second-order valence-corrected chi connectivity index (χ2v) is 5.51. The first kappa shape index (κ1) is 15.4. The van der Waals surface area contributed by atoms with Crippen LogP contribution in [0, 0.1) is 0 Å². The molecule has 0 unspecified atom stereocenters. The van der Waals surface area contributed by atoms with Crippen molar-refractivity contribution in [2.75, 3.05) is 19.7 Å². The number of imidazole rings is 1. The predicted molar refractivity (Wildman–Crippen MR) is 81.7 cm³/mol. The van der Waals surface area contributed by atoms with Gasteiger partial charge in [-0.2, -0.15) is 0 Å². The van der Waals surface area contributed by atoms with Gasteiger partial charge in [-0.3, -0.25) is 9.59 Å². The Hall–Kier alpha value is -2.48. The van der Waals surface area contributed by atoms with Gasteiger partial charge in [0.2, 0.25) is 5.91 Å². The summed E-state index contributed by atoms with van der Waals surface area (Å²) in [6.07, 6.45) is 7.81. The van der Waals surface area contributed by atoms with Crippen LogP contribution in [0.25, 0.3) is 0 Å². The molecule has 0 spiro atoms. The van der Waals surface area contributed by atoms with Crippen molar-refractivity contribution in [1.82, 2.24) is 24.4 Å². The fourth-order valence-electron chi connectivity index (χ4n) is 2.61. The number of rotatable bonds is 5. The molecule has 2 aromatic rings. The first-order valence-corrected chi connectivity index (χ1v) is 7.59. The second kappa shape index (κ2) is 7.19. The van der Waals surface area contributed by atoms with Crippen LogP contribution in [-0.2, 0) is 22.5 Å². The van der Waals surface area contributed by atoms with E-state index in [9.17, 15) is 9.59 Å². The molecular formula is C15H19N5O3. The van der Waals surface area contributed by atoms with Crippen LogP contribution in [0.5, 0.6) is 0 Å². The first-order chi connectivity index (χ1) is 11.2. The molecule has 23 heavy (non-hydrogen) atoms. The molecule has 1 atom stereocenters. The van der Waals surface area contributed by atoms with Crippen molar-refractivity contribution in [2.45, 2.75) is 25.5 Å². The van der Waals surface area contributed by atoms with Crippen molar-refractivity contribution < 1.29 is 9.53 Å². The third-order valence-electron chi connectivity index (χ3n) is 3.83. The third kappa shape index (κ3) is 4.26. The molecule has 0 saturated carbocycles. The Labute approximate surface area is 133 Å². The highest BCUT2D eigenvalue weighted by Crippen LogP contribution is 2.12. The maximum Gasteiger partial charge on any atom is 0.250 e.